The fraction of sp³-hybridized carbons (Fsp3) is 0.600. The summed E-state index contributed by atoms with van der Waals surface area (Å²) in [6.07, 6.45) is 3.15. The molecule has 3 unspecified atom stereocenters. The van der Waals surface area contributed by atoms with E-state index in [4.69, 9.17) is 11.6 Å². The topological polar surface area (TPSA) is 20.2 Å². The van der Waals surface area contributed by atoms with Gasteiger partial charge < -0.3 is 5.11 Å². The third-order valence-electron chi connectivity index (χ3n) is 4.17. The van der Waals surface area contributed by atoms with Gasteiger partial charge in [-0.25, -0.2) is 0 Å². The van der Waals surface area contributed by atoms with Crippen LogP contribution in [0.15, 0.2) is 18.2 Å². The molecule has 0 saturated heterocycles. The van der Waals surface area contributed by atoms with Crippen molar-refractivity contribution in [2.45, 2.75) is 50.8 Å². The lowest BCUT2D eigenvalue weighted by Gasteiger charge is -2.40. The van der Waals surface area contributed by atoms with E-state index in [0.717, 1.165) is 30.4 Å². The van der Waals surface area contributed by atoms with E-state index >= 15 is 0 Å². The van der Waals surface area contributed by atoms with Crippen LogP contribution in [-0.2, 0) is 5.41 Å². The van der Waals surface area contributed by atoms with E-state index in [1.165, 1.54) is 0 Å². The first-order valence-electron chi connectivity index (χ1n) is 6.36. The smallest absolute Gasteiger partial charge is 0.119 e. The molecule has 2 heteroatoms. The molecule has 94 valence electrons. The van der Waals surface area contributed by atoms with Gasteiger partial charge >= 0.3 is 0 Å². The van der Waals surface area contributed by atoms with Crippen LogP contribution in [-0.4, -0.2) is 10.5 Å². The van der Waals surface area contributed by atoms with E-state index in [1.54, 1.807) is 0 Å². The van der Waals surface area contributed by atoms with Gasteiger partial charge in [-0.2, -0.15) is 0 Å². The van der Waals surface area contributed by atoms with E-state index in [1.807, 2.05) is 13.0 Å². The van der Waals surface area contributed by atoms with Crippen LogP contribution < -0.4 is 0 Å². The monoisotopic (exact) mass is 252 g/mol. The molecule has 0 spiro atoms. The maximum absolute atomic E-state index is 10.1. The Hall–Kier alpha value is -0.690. The Kier molecular flexibility index (Phi) is 3.40. The minimum absolute atomic E-state index is 0.0720. The third-order valence-corrected chi connectivity index (χ3v) is 4.81. The molecule has 0 aliphatic heterocycles. The van der Waals surface area contributed by atoms with Gasteiger partial charge in [-0.3, -0.25) is 0 Å². The second-order valence-electron chi connectivity index (χ2n) is 5.82. The van der Waals surface area contributed by atoms with Crippen molar-refractivity contribution >= 4 is 11.6 Å². The van der Waals surface area contributed by atoms with Crippen molar-refractivity contribution in [3.05, 3.63) is 29.3 Å². The Morgan fingerprint density at radius 3 is 2.71 bits per heavy atom. The molecule has 1 aromatic rings. The van der Waals surface area contributed by atoms with E-state index in [9.17, 15) is 5.11 Å². The van der Waals surface area contributed by atoms with Gasteiger partial charge in [-0.1, -0.05) is 26.0 Å². The van der Waals surface area contributed by atoms with Crippen LogP contribution in [0.4, 0.5) is 0 Å². The lowest BCUT2D eigenvalue weighted by Crippen LogP contribution is -2.34. The molecule has 0 amide bonds. The summed E-state index contributed by atoms with van der Waals surface area (Å²) < 4.78 is 0. The molecule has 2 rings (SSSR count). The van der Waals surface area contributed by atoms with Crippen molar-refractivity contribution in [1.29, 1.82) is 0 Å². The Bertz CT molecular complexity index is 415. The summed E-state index contributed by atoms with van der Waals surface area (Å²) in [5.74, 6) is 0.948. The van der Waals surface area contributed by atoms with E-state index in [0.29, 0.717) is 11.7 Å². The van der Waals surface area contributed by atoms with Gasteiger partial charge in [-0.15, -0.1) is 11.6 Å². The lowest BCUT2D eigenvalue weighted by molar-refractivity contribution is 0.251. The average molecular weight is 253 g/mol. The van der Waals surface area contributed by atoms with E-state index in [-0.39, 0.29) is 10.8 Å². The Balaban J connectivity index is 2.32. The lowest BCUT2D eigenvalue weighted by atomic mass is 9.67. The molecular formula is C15H21ClO. The van der Waals surface area contributed by atoms with Gasteiger partial charge in [0.05, 0.1) is 0 Å². The second kappa shape index (κ2) is 4.53. The van der Waals surface area contributed by atoms with Gasteiger partial charge in [0.15, 0.2) is 0 Å². The Morgan fingerprint density at radius 2 is 2.12 bits per heavy atom. The third kappa shape index (κ3) is 2.44. The molecule has 1 aliphatic rings. The quantitative estimate of drug-likeness (QED) is 0.735. The first-order chi connectivity index (χ1) is 7.92. The molecule has 0 bridgehead atoms. The number of aryl methyl sites for hydroxylation is 1. The minimum atomic E-state index is 0.0720. The molecule has 1 saturated carbocycles. The number of benzene rings is 1. The number of hydrogen-bond acceptors (Lipinski definition) is 1. The average Bonchev–Trinajstić information content (AvgIpc) is 2.24. The van der Waals surface area contributed by atoms with Crippen LogP contribution in [0.5, 0.6) is 5.75 Å². The van der Waals surface area contributed by atoms with E-state index in [2.05, 4.69) is 26.0 Å². The van der Waals surface area contributed by atoms with Crippen LogP contribution in [0.25, 0.3) is 0 Å². The molecule has 3 atom stereocenters. The molecule has 1 aliphatic carbocycles. The van der Waals surface area contributed by atoms with Crippen molar-refractivity contribution in [2.75, 3.05) is 0 Å². The number of rotatable bonds is 1. The number of halogens is 1. The summed E-state index contributed by atoms with van der Waals surface area (Å²) in [6, 6.07) is 6.02. The molecule has 1 N–H and O–H groups in total. The summed E-state index contributed by atoms with van der Waals surface area (Å²) in [4.78, 5) is 0. The second-order valence-corrected chi connectivity index (χ2v) is 6.38. The SMILES string of the molecule is Cc1ccc(C2(C)CCC(Cl)C(C)C2)c(O)c1. The zero-order valence-electron chi connectivity index (χ0n) is 10.8. The number of aromatic hydroxyl groups is 1. The van der Waals surface area contributed by atoms with Crippen molar-refractivity contribution in [1.82, 2.24) is 0 Å². The highest BCUT2D eigenvalue weighted by atomic mass is 35.5. The van der Waals surface area contributed by atoms with Crippen LogP contribution in [0.1, 0.15) is 44.2 Å². The van der Waals surface area contributed by atoms with Gasteiger partial charge in [0.25, 0.3) is 0 Å². The molecule has 17 heavy (non-hydrogen) atoms. The van der Waals surface area contributed by atoms with Crippen molar-refractivity contribution in [3.8, 4) is 5.75 Å². The summed E-state index contributed by atoms with van der Waals surface area (Å²) in [6.45, 7) is 6.46. The van der Waals surface area contributed by atoms with Crippen LogP contribution in [0.2, 0.25) is 0 Å². The predicted octanol–water partition coefficient (Wildman–Crippen LogP) is 4.39. The molecule has 0 aromatic heterocycles. The zero-order chi connectivity index (χ0) is 12.6. The van der Waals surface area contributed by atoms with Gasteiger partial charge in [0.2, 0.25) is 0 Å². The van der Waals surface area contributed by atoms with Gasteiger partial charge in [-0.05, 0) is 54.7 Å². The highest BCUT2D eigenvalue weighted by Crippen LogP contribution is 2.46. The summed E-state index contributed by atoms with van der Waals surface area (Å²) in [5.41, 5.74) is 2.26. The number of hydrogen-bond donors (Lipinski definition) is 1. The maximum Gasteiger partial charge on any atom is 0.119 e. The highest BCUT2D eigenvalue weighted by molar-refractivity contribution is 6.20. The first-order valence-corrected chi connectivity index (χ1v) is 6.80. The number of phenols is 1. The first kappa shape index (κ1) is 12.8. The van der Waals surface area contributed by atoms with Crippen molar-refractivity contribution in [2.24, 2.45) is 5.92 Å². The Morgan fingerprint density at radius 1 is 1.41 bits per heavy atom. The largest absolute Gasteiger partial charge is 0.508 e. The van der Waals surface area contributed by atoms with E-state index < -0.39 is 0 Å². The van der Waals surface area contributed by atoms with Crippen molar-refractivity contribution < 1.29 is 5.11 Å². The molecule has 1 aromatic carbocycles. The molecule has 0 radical (unpaired) electrons. The standard InChI is InChI=1S/C15H21ClO/c1-10-4-5-12(14(17)8-10)15(3)7-6-13(16)11(2)9-15/h4-5,8,11,13,17H,6-7,9H2,1-3H3. The van der Waals surface area contributed by atoms with Crippen molar-refractivity contribution in [3.63, 3.8) is 0 Å². The molecule has 1 fully saturated rings. The Labute approximate surface area is 109 Å². The van der Waals surface area contributed by atoms with Crippen LogP contribution in [0.3, 0.4) is 0 Å². The maximum atomic E-state index is 10.1. The predicted molar refractivity (Wildman–Crippen MR) is 72.9 cm³/mol. The molecule has 0 heterocycles. The fourth-order valence-electron chi connectivity index (χ4n) is 3.08. The van der Waals surface area contributed by atoms with Crippen LogP contribution >= 0.6 is 11.6 Å². The summed E-state index contributed by atoms with van der Waals surface area (Å²) >= 11 is 6.28. The summed E-state index contributed by atoms with van der Waals surface area (Å²) in [7, 11) is 0. The van der Waals surface area contributed by atoms with Gasteiger partial charge in [0, 0.05) is 5.38 Å². The summed E-state index contributed by atoms with van der Waals surface area (Å²) in [5, 5.41) is 10.4. The van der Waals surface area contributed by atoms with Gasteiger partial charge in [0.1, 0.15) is 5.75 Å². The molecular weight excluding hydrogens is 232 g/mol. The minimum Gasteiger partial charge on any atom is -0.508 e. The zero-order valence-corrected chi connectivity index (χ0v) is 11.6. The highest BCUT2D eigenvalue weighted by Gasteiger charge is 2.37. The number of alkyl halides is 1. The normalized spacial score (nSPS) is 33.6. The molecule has 1 nitrogen and oxygen atoms in total. The fourth-order valence-corrected chi connectivity index (χ4v) is 3.28. The van der Waals surface area contributed by atoms with Crippen LogP contribution in [0, 0.1) is 12.8 Å². The number of phenolic OH excluding ortho intramolecular Hbond substituents is 1.